The van der Waals surface area contributed by atoms with Gasteiger partial charge in [-0.2, -0.15) is 0 Å². The second-order valence-corrected chi connectivity index (χ2v) is 4.28. The summed E-state index contributed by atoms with van der Waals surface area (Å²) in [5, 5.41) is 9.06. The highest BCUT2D eigenvalue weighted by Gasteiger charge is 2.26. The molecule has 0 spiro atoms. The van der Waals surface area contributed by atoms with Gasteiger partial charge in [0.15, 0.2) is 0 Å². The van der Waals surface area contributed by atoms with Crippen LogP contribution in [0.5, 0.6) is 0 Å². The number of hydrogen-bond donors (Lipinski definition) is 1. The molecule has 1 heterocycles. The van der Waals surface area contributed by atoms with Gasteiger partial charge in [0.05, 0.1) is 5.69 Å². The Kier molecular flexibility index (Phi) is 3.63. The number of halogens is 1. The van der Waals surface area contributed by atoms with Crippen molar-refractivity contribution in [2.45, 2.75) is 19.8 Å². The van der Waals surface area contributed by atoms with Crippen molar-refractivity contribution in [3.05, 3.63) is 28.5 Å². The van der Waals surface area contributed by atoms with E-state index >= 15 is 0 Å². The number of hydrogen-bond acceptors (Lipinski definition) is 2. The maximum absolute atomic E-state index is 11.0. The van der Waals surface area contributed by atoms with Gasteiger partial charge in [-0.15, -0.1) is 0 Å². The quantitative estimate of drug-likeness (QED) is 0.906. The summed E-state index contributed by atoms with van der Waals surface area (Å²) >= 11 is 3.31. The van der Waals surface area contributed by atoms with Crippen molar-refractivity contribution in [1.29, 1.82) is 0 Å². The largest absolute Gasteiger partial charge is 0.481 e. The van der Waals surface area contributed by atoms with E-state index in [0.29, 0.717) is 5.69 Å². The minimum absolute atomic E-state index is 0.0266. The molecule has 1 N–H and O–H groups in total. The molecule has 14 heavy (non-hydrogen) atoms. The molecule has 1 atom stereocenters. The number of carboxylic acid groups (broad SMARTS) is 1. The third-order valence-electron chi connectivity index (χ3n) is 2.01. The van der Waals surface area contributed by atoms with Crippen LogP contribution in [0, 0.1) is 5.92 Å². The Bertz CT molecular complexity index is 339. The fraction of sp³-hybridized carbons (Fsp3) is 0.400. The predicted molar refractivity (Wildman–Crippen MR) is 57.2 cm³/mol. The second-order valence-electron chi connectivity index (χ2n) is 3.43. The molecule has 1 aromatic rings. The Hall–Kier alpha value is -0.900. The number of aromatic nitrogens is 1. The van der Waals surface area contributed by atoms with Crippen molar-refractivity contribution in [3.8, 4) is 0 Å². The highest BCUT2D eigenvalue weighted by molar-refractivity contribution is 9.10. The third-order valence-corrected chi connectivity index (χ3v) is 2.68. The first-order valence-electron chi connectivity index (χ1n) is 4.37. The van der Waals surface area contributed by atoms with Gasteiger partial charge < -0.3 is 5.11 Å². The molecular formula is C10H12BrNO2. The molecule has 0 aliphatic heterocycles. The van der Waals surface area contributed by atoms with E-state index in [-0.39, 0.29) is 5.92 Å². The molecule has 0 aromatic carbocycles. The lowest BCUT2D eigenvalue weighted by Crippen LogP contribution is -2.19. The maximum Gasteiger partial charge on any atom is 0.312 e. The summed E-state index contributed by atoms with van der Waals surface area (Å²) in [6.45, 7) is 3.75. The molecule has 0 bridgehead atoms. The van der Waals surface area contributed by atoms with Gasteiger partial charge in [0.1, 0.15) is 5.92 Å². The lowest BCUT2D eigenvalue weighted by atomic mass is 9.92. The van der Waals surface area contributed by atoms with Crippen LogP contribution in [-0.4, -0.2) is 16.1 Å². The number of rotatable bonds is 3. The smallest absolute Gasteiger partial charge is 0.312 e. The SMILES string of the molecule is CC(C)C(C(=O)O)c1ncccc1Br. The molecule has 0 saturated heterocycles. The lowest BCUT2D eigenvalue weighted by Gasteiger charge is -2.16. The number of pyridine rings is 1. The molecule has 1 rings (SSSR count). The summed E-state index contributed by atoms with van der Waals surface area (Å²) in [5.74, 6) is -1.36. The fourth-order valence-corrected chi connectivity index (χ4v) is 1.85. The average molecular weight is 258 g/mol. The topological polar surface area (TPSA) is 50.2 Å². The fourth-order valence-electron chi connectivity index (χ4n) is 1.34. The van der Waals surface area contributed by atoms with Gasteiger partial charge in [-0.1, -0.05) is 13.8 Å². The molecule has 76 valence electrons. The molecule has 1 aromatic heterocycles. The zero-order valence-electron chi connectivity index (χ0n) is 8.07. The van der Waals surface area contributed by atoms with Gasteiger partial charge in [-0.05, 0) is 34.0 Å². The van der Waals surface area contributed by atoms with E-state index in [1.54, 1.807) is 18.3 Å². The number of aliphatic carboxylic acids is 1. The molecule has 0 radical (unpaired) electrons. The summed E-state index contributed by atoms with van der Waals surface area (Å²) in [6, 6.07) is 3.58. The minimum atomic E-state index is -0.834. The van der Waals surface area contributed by atoms with Crippen molar-refractivity contribution in [2.24, 2.45) is 5.92 Å². The van der Waals surface area contributed by atoms with Gasteiger partial charge in [0, 0.05) is 10.7 Å². The van der Waals surface area contributed by atoms with E-state index in [1.807, 2.05) is 13.8 Å². The zero-order chi connectivity index (χ0) is 10.7. The molecule has 1 unspecified atom stereocenters. The average Bonchev–Trinajstić information content (AvgIpc) is 2.07. The number of carbonyl (C=O) groups is 1. The summed E-state index contributed by atoms with van der Waals surface area (Å²) < 4.78 is 0.751. The van der Waals surface area contributed by atoms with Crippen LogP contribution in [0.25, 0.3) is 0 Å². The highest BCUT2D eigenvalue weighted by atomic mass is 79.9. The van der Waals surface area contributed by atoms with Crippen molar-refractivity contribution in [1.82, 2.24) is 4.98 Å². The predicted octanol–water partition coefficient (Wildman–Crippen LogP) is 2.67. The summed E-state index contributed by atoms with van der Waals surface area (Å²) in [4.78, 5) is 15.1. The van der Waals surface area contributed by atoms with Crippen LogP contribution >= 0.6 is 15.9 Å². The molecule has 3 nitrogen and oxygen atoms in total. The van der Waals surface area contributed by atoms with Gasteiger partial charge >= 0.3 is 5.97 Å². The monoisotopic (exact) mass is 257 g/mol. The van der Waals surface area contributed by atoms with Crippen LogP contribution in [0.15, 0.2) is 22.8 Å². The van der Waals surface area contributed by atoms with Crippen LogP contribution in [0.2, 0.25) is 0 Å². The van der Waals surface area contributed by atoms with Crippen molar-refractivity contribution < 1.29 is 9.90 Å². The van der Waals surface area contributed by atoms with E-state index < -0.39 is 11.9 Å². The van der Waals surface area contributed by atoms with Crippen LogP contribution in [0.1, 0.15) is 25.5 Å². The Labute approximate surface area is 91.3 Å². The summed E-state index contributed by atoms with van der Waals surface area (Å²) in [7, 11) is 0. The van der Waals surface area contributed by atoms with E-state index in [9.17, 15) is 4.79 Å². The first kappa shape index (κ1) is 11.2. The molecule has 0 aliphatic carbocycles. The van der Waals surface area contributed by atoms with Crippen molar-refractivity contribution in [2.75, 3.05) is 0 Å². The molecule has 0 aliphatic rings. The summed E-state index contributed by atoms with van der Waals surface area (Å²) in [5.41, 5.74) is 0.593. The van der Waals surface area contributed by atoms with E-state index in [2.05, 4.69) is 20.9 Å². The van der Waals surface area contributed by atoms with Crippen LogP contribution in [0.3, 0.4) is 0 Å². The second kappa shape index (κ2) is 4.55. The first-order chi connectivity index (χ1) is 6.54. The van der Waals surface area contributed by atoms with Gasteiger partial charge in [0.25, 0.3) is 0 Å². The van der Waals surface area contributed by atoms with Gasteiger partial charge in [-0.3, -0.25) is 9.78 Å². The number of nitrogens with zero attached hydrogens (tertiary/aromatic N) is 1. The van der Waals surface area contributed by atoms with Crippen LogP contribution in [0.4, 0.5) is 0 Å². The maximum atomic E-state index is 11.0. The van der Waals surface area contributed by atoms with E-state index in [4.69, 9.17) is 5.11 Å². The zero-order valence-corrected chi connectivity index (χ0v) is 9.65. The van der Waals surface area contributed by atoms with Crippen LogP contribution in [-0.2, 0) is 4.79 Å². The van der Waals surface area contributed by atoms with E-state index in [0.717, 1.165) is 4.47 Å². The normalized spacial score (nSPS) is 12.9. The van der Waals surface area contributed by atoms with Gasteiger partial charge in [0.2, 0.25) is 0 Å². The highest BCUT2D eigenvalue weighted by Crippen LogP contribution is 2.28. The van der Waals surface area contributed by atoms with Gasteiger partial charge in [-0.25, -0.2) is 0 Å². The lowest BCUT2D eigenvalue weighted by molar-refractivity contribution is -0.140. The molecular weight excluding hydrogens is 246 g/mol. The standard InChI is InChI=1S/C10H12BrNO2/c1-6(2)8(10(13)14)9-7(11)4-3-5-12-9/h3-6,8H,1-2H3,(H,13,14). The van der Waals surface area contributed by atoms with Crippen LogP contribution < -0.4 is 0 Å². The Morgan fingerprint density at radius 1 is 1.57 bits per heavy atom. The molecule has 0 fully saturated rings. The Morgan fingerprint density at radius 3 is 2.64 bits per heavy atom. The minimum Gasteiger partial charge on any atom is -0.481 e. The summed E-state index contributed by atoms with van der Waals surface area (Å²) in [6.07, 6.45) is 1.61. The van der Waals surface area contributed by atoms with Crippen molar-refractivity contribution in [3.63, 3.8) is 0 Å². The van der Waals surface area contributed by atoms with Crippen molar-refractivity contribution >= 4 is 21.9 Å². The molecule has 0 saturated carbocycles. The number of carboxylic acids is 1. The Balaban J connectivity index is 3.12. The molecule has 4 heteroatoms. The van der Waals surface area contributed by atoms with E-state index in [1.165, 1.54) is 0 Å². The Morgan fingerprint density at radius 2 is 2.21 bits per heavy atom. The first-order valence-corrected chi connectivity index (χ1v) is 5.16. The third kappa shape index (κ3) is 2.32. The molecule has 0 amide bonds.